The van der Waals surface area contributed by atoms with Gasteiger partial charge < -0.3 is 14.8 Å². The fraction of sp³-hybridized carbons (Fsp3) is 0.387. The van der Waals surface area contributed by atoms with Crippen LogP contribution in [0, 0.1) is 0 Å². The fourth-order valence-electron chi connectivity index (χ4n) is 5.92. The molecule has 2 aliphatic heterocycles. The van der Waals surface area contributed by atoms with Crippen molar-refractivity contribution in [3.63, 3.8) is 0 Å². The van der Waals surface area contributed by atoms with Crippen molar-refractivity contribution in [1.82, 2.24) is 24.7 Å². The summed E-state index contributed by atoms with van der Waals surface area (Å²) in [6.45, 7) is 6.88. The topological polar surface area (TPSA) is 72.5 Å². The van der Waals surface area contributed by atoms with E-state index in [1.807, 2.05) is 45.6 Å². The number of aromatic amines is 1. The Kier molecular flexibility index (Phi) is 7.48. The molecule has 8 heteroatoms. The zero-order valence-corrected chi connectivity index (χ0v) is 23.2. The molecule has 2 aromatic carbocycles. The number of rotatable bonds is 6. The average Bonchev–Trinajstić information content (AvgIpc) is 3.65. The maximum atomic E-state index is 13.2. The summed E-state index contributed by atoms with van der Waals surface area (Å²) in [6, 6.07) is 19.0. The van der Waals surface area contributed by atoms with Gasteiger partial charge in [0.15, 0.2) is 0 Å². The first-order valence-electron chi connectivity index (χ1n) is 13.9. The zero-order valence-electron chi connectivity index (χ0n) is 22.4. The predicted octanol–water partition coefficient (Wildman–Crippen LogP) is 5.09. The van der Waals surface area contributed by atoms with Crippen LogP contribution >= 0.6 is 11.3 Å². The molecular weight excluding hydrogens is 506 g/mol. The summed E-state index contributed by atoms with van der Waals surface area (Å²) in [6.07, 6.45) is 4.14. The van der Waals surface area contributed by atoms with Crippen LogP contribution in [0.4, 0.5) is 0 Å². The number of H-pyrrole nitrogens is 1. The Morgan fingerprint density at radius 3 is 2.44 bits per heavy atom. The number of hydrogen-bond donors (Lipinski definition) is 1. The second-order valence-corrected chi connectivity index (χ2v) is 11.6. The van der Waals surface area contributed by atoms with Gasteiger partial charge in [0.05, 0.1) is 11.4 Å². The smallest absolute Gasteiger partial charge is 0.273 e. The lowest BCUT2D eigenvalue weighted by molar-refractivity contribution is -0.131. The largest absolute Gasteiger partial charge is 0.361 e. The van der Waals surface area contributed by atoms with Crippen molar-refractivity contribution < 1.29 is 9.59 Å². The van der Waals surface area contributed by atoms with Crippen molar-refractivity contribution in [2.75, 3.05) is 39.3 Å². The fourth-order valence-corrected chi connectivity index (χ4v) is 6.88. The molecule has 2 amide bonds. The number of thiazole rings is 1. The SMILES string of the molecule is CC(c1ccccc1)N1CCN(C(=O)c2csc(C3CCN(C(=O)Cc4c[nH]c5ccccc45)CC3)n2)CC1. The van der Waals surface area contributed by atoms with Crippen LogP contribution in [0.5, 0.6) is 0 Å². The molecule has 7 nitrogen and oxygen atoms in total. The summed E-state index contributed by atoms with van der Waals surface area (Å²) in [5.74, 6) is 0.516. The van der Waals surface area contributed by atoms with Crippen LogP contribution in [0.1, 0.15) is 58.3 Å². The number of amides is 2. The molecule has 0 bridgehead atoms. The number of benzene rings is 2. The second-order valence-electron chi connectivity index (χ2n) is 10.7. The van der Waals surface area contributed by atoms with Crippen molar-refractivity contribution in [2.24, 2.45) is 0 Å². The first-order chi connectivity index (χ1) is 19.1. The van der Waals surface area contributed by atoms with Gasteiger partial charge in [-0.3, -0.25) is 14.5 Å². The predicted molar refractivity (Wildman–Crippen MR) is 155 cm³/mol. The first kappa shape index (κ1) is 25.8. The van der Waals surface area contributed by atoms with Gasteiger partial charge in [0.2, 0.25) is 5.91 Å². The molecule has 0 saturated carbocycles. The van der Waals surface area contributed by atoms with Gasteiger partial charge in [-0.25, -0.2) is 4.98 Å². The summed E-state index contributed by atoms with van der Waals surface area (Å²) in [5.41, 5.74) is 4.00. The van der Waals surface area contributed by atoms with E-state index in [0.717, 1.165) is 73.6 Å². The van der Waals surface area contributed by atoms with Crippen molar-refractivity contribution in [2.45, 2.75) is 38.1 Å². The molecule has 4 heterocycles. The van der Waals surface area contributed by atoms with E-state index < -0.39 is 0 Å². The molecule has 0 radical (unpaired) electrons. The number of carbonyl (C=O) groups is 2. The molecule has 2 saturated heterocycles. The average molecular weight is 542 g/mol. The lowest BCUT2D eigenvalue weighted by Crippen LogP contribution is -2.49. The summed E-state index contributed by atoms with van der Waals surface area (Å²) in [5, 5.41) is 4.07. The number of fused-ring (bicyclic) bond motifs is 1. The Hall–Kier alpha value is -3.49. The molecule has 202 valence electrons. The first-order valence-corrected chi connectivity index (χ1v) is 14.8. The van der Waals surface area contributed by atoms with Gasteiger partial charge in [0.1, 0.15) is 5.69 Å². The summed E-state index contributed by atoms with van der Waals surface area (Å²) >= 11 is 1.59. The molecule has 1 atom stereocenters. The number of piperazine rings is 1. The lowest BCUT2D eigenvalue weighted by atomic mass is 9.97. The molecule has 2 fully saturated rings. The van der Waals surface area contributed by atoms with Gasteiger partial charge in [-0.2, -0.15) is 0 Å². The van der Waals surface area contributed by atoms with Crippen LogP contribution in [0.3, 0.4) is 0 Å². The van der Waals surface area contributed by atoms with Crippen LogP contribution in [-0.2, 0) is 11.2 Å². The maximum absolute atomic E-state index is 13.2. The lowest BCUT2D eigenvalue weighted by Gasteiger charge is -2.38. The van der Waals surface area contributed by atoms with E-state index in [2.05, 4.69) is 47.1 Å². The zero-order chi connectivity index (χ0) is 26.8. The minimum atomic E-state index is 0.0378. The Morgan fingerprint density at radius 2 is 1.67 bits per heavy atom. The van der Waals surface area contributed by atoms with Crippen molar-refractivity contribution in [3.8, 4) is 0 Å². The molecule has 0 aliphatic carbocycles. The monoisotopic (exact) mass is 541 g/mol. The minimum absolute atomic E-state index is 0.0378. The van der Waals surface area contributed by atoms with E-state index in [4.69, 9.17) is 4.98 Å². The van der Waals surface area contributed by atoms with Crippen LogP contribution in [0.15, 0.2) is 66.2 Å². The van der Waals surface area contributed by atoms with E-state index in [1.54, 1.807) is 11.3 Å². The van der Waals surface area contributed by atoms with Gasteiger partial charge in [-0.15, -0.1) is 11.3 Å². The van der Waals surface area contributed by atoms with E-state index in [-0.39, 0.29) is 11.8 Å². The van der Waals surface area contributed by atoms with Crippen LogP contribution in [0.25, 0.3) is 10.9 Å². The number of para-hydroxylation sites is 1. The van der Waals surface area contributed by atoms with Crippen molar-refractivity contribution >= 4 is 34.1 Å². The van der Waals surface area contributed by atoms with Crippen LogP contribution in [0.2, 0.25) is 0 Å². The Morgan fingerprint density at radius 1 is 0.949 bits per heavy atom. The van der Waals surface area contributed by atoms with Gasteiger partial charge in [0, 0.05) is 73.7 Å². The highest BCUT2D eigenvalue weighted by atomic mass is 32.1. The summed E-state index contributed by atoms with van der Waals surface area (Å²) < 4.78 is 0. The molecule has 4 aromatic rings. The summed E-state index contributed by atoms with van der Waals surface area (Å²) in [7, 11) is 0. The number of nitrogens with one attached hydrogen (secondary N) is 1. The minimum Gasteiger partial charge on any atom is -0.361 e. The van der Waals surface area contributed by atoms with Gasteiger partial charge in [-0.05, 0) is 37.0 Å². The van der Waals surface area contributed by atoms with Crippen molar-refractivity contribution in [3.05, 3.63) is 88.0 Å². The molecule has 1 N–H and O–H groups in total. The molecule has 1 unspecified atom stereocenters. The Balaban J connectivity index is 0.999. The molecule has 0 spiro atoms. The number of aromatic nitrogens is 2. The van der Waals surface area contributed by atoms with E-state index in [1.165, 1.54) is 5.56 Å². The normalized spacial score (nSPS) is 18.0. The van der Waals surface area contributed by atoms with E-state index >= 15 is 0 Å². The standard InChI is InChI=1S/C31H35N5O2S/c1-22(23-7-3-2-4-8-23)34-15-17-36(18-16-34)31(38)28-21-39-30(33-28)24-11-13-35(14-12-24)29(37)19-25-20-32-27-10-6-5-9-26(25)27/h2-10,20-22,24,32H,11-19H2,1H3. The van der Waals surface area contributed by atoms with Crippen LogP contribution < -0.4 is 0 Å². The number of nitrogens with zero attached hydrogens (tertiary/aromatic N) is 4. The van der Waals surface area contributed by atoms with Crippen LogP contribution in [-0.4, -0.2) is 75.8 Å². The highest BCUT2D eigenvalue weighted by Crippen LogP contribution is 2.31. The third-order valence-corrected chi connectivity index (χ3v) is 9.39. The molecule has 2 aromatic heterocycles. The number of likely N-dealkylation sites (tertiary alicyclic amines) is 1. The van der Waals surface area contributed by atoms with Gasteiger partial charge in [0.25, 0.3) is 5.91 Å². The van der Waals surface area contributed by atoms with Gasteiger partial charge >= 0.3 is 0 Å². The second kappa shape index (κ2) is 11.3. The maximum Gasteiger partial charge on any atom is 0.273 e. The third-order valence-electron chi connectivity index (χ3n) is 8.39. The molecule has 6 rings (SSSR count). The molecular formula is C31H35N5O2S. The quantitative estimate of drug-likeness (QED) is 0.369. The van der Waals surface area contributed by atoms with E-state index in [9.17, 15) is 9.59 Å². The summed E-state index contributed by atoms with van der Waals surface area (Å²) in [4.78, 5) is 40.6. The number of hydrogen-bond acceptors (Lipinski definition) is 5. The molecule has 2 aliphatic rings. The third kappa shape index (κ3) is 5.49. The number of piperidine rings is 1. The molecule has 39 heavy (non-hydrogen) atoms. The van der Waals surface area contributed by atoms with Gasteiger partial charge in [-0.1, -0.05) is 48.5 Å². The van der Waals surface area contributed by atoms with E-state index in [0.29, 0.717) is 24.1 Å². The Bertz CT molecular complexity index is 1430. The highest BCUT2D eigenvalue weighted by molar-refractivity contribution is 7.09. The Labute approximate surface area is 233 Å². The van der Waals surface area contributed by atoms with Crippen molar-refractivity contribution in [1.29, 1.82) is 0 Å². The number of carbonyl (C=O) groups excluding carboxylic acids is 2. The highest BCUT2D eigenvalue weighted by Gasteiger charge is 2.29.